The van der Waals surface area contributed by atoms with Crippen LogP contribution in [0.25, 0.3) is 0 Å². The molecule has 0 atom stereocenters. The predicted octanol–water partition coefficient (Wildman–Crippen LogP) is 3.37. The molecule has 0 unspecified atom stereocenters. The van der Waals surface area contributed by atoms with Gasteiger partial charge in [-0.3, -0.25) is 0 Å². The zero-order valence-corrected chi connectivity index (χ0v) is 13.0. The van der Waals surface area contributed by atoms with E-state index in [9.17, 15) is 10.1 Å². The topological polar surface area (TPSA) is 70.2 Å². The van der Waals surface area contributed by atoms with Crippen molar-refractivity contribution in [1.82, 2.24) is 9.78 Å². The lowest BCUT2D eigenvalue weighted by Crippen LogP contribution is -2.02. The van der Waals surface area contributed by atoms with Gasteiger partial charge in [0.05, 0.1) is 25.0 Å². The van der Waals surface area contributed by atoms with Gasteiger partial charge >= 0.3 is 5.82 Å². The fourth-order valence-electron chi connectivity index (χ4n) is 1.57. The highest BCUT2D eigenvalue weighted by molar-refractivity contribution is 9.10. The van der Waals surface area contributed by atoms with Gasteiger partial charge in [0, 0.05) is 4.47 Å². The van der Waals surface area contributed by atoms with Gasteiger partial charge in [-0.05, 0) is 44.6 Å². The molecule has 0 radical (unpaired) electrons. The maximum Gasteiger partial charge on any atom is 0.404 e. The lowest BCUT2D eigenvalue weighted by atomic mass is 10.2. The molecule has 2 aromatic rings. The van der Waals surface area contributed by atoms with Gasteiger partial charge in [0.15, 0.2) is 0 Å². The molecule has 6 nitrogen and oxygen atoms in total. The Bertz CT molecular complexity index is 628. The molecule has 100 valence electrons. The van der Waals surface area contributed by atoms with E-state index in [-0.39, 0.29) is 5.82 Å². The Morgan fingerprint density at radius 1 is 1.42 bits per heavy atom. The van der Waals surface area contributed by atoms with Crippen LogP contribution in [0.4, 0.5) is 5.82 Å². The minimum absolute atomic E-state index is 0.195. The number of halogens is 2. The second kappa shape index (κ2) is 5.70. The summed E-state index contributed by atoms with van der Waals surface area (Å²) in [5.74, 6) is 0.526. The average molecular weight is 391 g/mol. The van der Waals surface area contributed by atoms with Crippen molar-refractivity contribution in [3.05, 3.63) is 49.0 Å². The Labute approximate surface area is 125 Å². The summed E-state index contributed by atoms with van der Waals surface area (Å²) < 4.78 is 7.90. The molecule has 0 aliphatic heterocycles. The molecule has 8 heteroatoms. The number of benzene rings is 1. The number of hydrogen-bond donors (Lipinski definition) is 0. The van der Waals surface area contributed by atoms with E-state index in [1.807, 2.05) is 18.2 Å². The van der Waals surface area contributed by atoms with E-state index in [0.29, 0.717) is 11.0 Å². The first-order valence-electron chi connectivity index (χ1n) is 5.21. The molecular formula is C11H9Br2N3O3. The molecule has 0 bridgehead atoms. The van der Waals surface area contributed by atoms with Gasteiger partial charge in [-0.25, -0.2) is 0 Å². The lowest BCUT2D eigenvalue weighted by molar-refractivity contribution is -0.390. The number of hydrogen-bond acceptors (Lipinski definition) is 4. The van der Waals surface area contributed by atoms with Crippen molar-refractivity contribution in [1.29, 1.82) is 0 Å². The number of aromatic nitrogens is 2. The number of methoxy groups -OCH3 is 1. The van der Waals surface area contributed by atoms with E-state index >= 15 is 0 Å². The van der Waals surface area contributed by atoms with Crippen molar-refractivity contribution >= 4 is 37.7 Å². The van der Waals surface area contributed by atoms with Gasteiger partial charge in [-0.2, -0.15) is 4.68 Å². The third kappa shape index (κ3) is 3.13. The molecule has 19 heavy (non-hydrogen) atoms. The average Bonchev–Trinajstić information content (AvgIpc) is 2.73. The summed E-state index contributed by atoms with van der Waals surface area (Å²) in [4.78, 5) is 10.2. The predicted molar refractivity (Wildman–Crippen MR) is 76.4 cm³/mol. The quantitative estimate of drug-likeness (QED) is 0.592. The molecule has 0 aliphatic carbocycles. The van der Waals surface area contributed by atoms with Crippen molar-refractivity contribution in [2.45, 2.75) is 6.54 Å². The zero-order valence-electron chi connectivity index (χ0n) is 9.84. The highest BCUT2D eigenvalue weighted by Crippen LogP contribution is 2.26. The summed E-state index contributed by atoms with van der Waals surface area (Å²) in [5.41, 5.74) is 0.921. The standard InChI is InChI=1S/C11H9Br2N3O3/c1-19-8-2-3-9(12)7(4-8)5-15-6-10(13)11(14-15)16(17)18/h2-4,6H,5H2,1H3. The van der Waals surface area contributed by atoms with Crippen LogP contribution in [-0.4, -0.2) is 21.8 Å². The summed E-state index contributed by atoms with van der Waals surface area (Å²) in [6.45, 7) is 0.407. The number of nitrogens with zero attached hydrogens (tertiary/aromatic N) is 3. The number of rotatable bonds is 4. The monoisotopic (exact) mass is 389 g/mol. The second-order valence-corrected chi connectivity index (χ2v) is 5.42. The molecule has 0 saturated heterocycles. The van der Waals surface area contributed by atoms with Gasteiger partial charge in [0.1, 0.15) is 10.2 Å². The van der Waals surface area contributed by atoms with Crippen LogP contribution >= 0.6 is 31.9 Å². The molecule has 0 saturated carbocycles. The first-order chi connectivity index (χ1) is 9.01. The van der Waals surface area contributed by atoms with Gasteiger partial charge in [0.2, 0.25) is 0 Å². The summed E-state index contributed by atoms with van der Waals surface area (Å²) in [5, 5.41) is 14.6. The van der Waals surface area contributed by atoms with Crippen LogP contribution in [0.1, 0.15) is 5.56 Å². The molecule has 0 amide bonds. The van der Waals surface area contributed by atoms with Gasteiger partial charge in [-0.1, -0.05) is 15.9 Å². The molecule has 1 heterocycles. The van der Waals surface area contributed by atoms with Crippen molar-refractivity contribution in [2.75, 3.05) is 7.11 Å². The molecule has 0 spiro atoms. The van der Waals surface area contributed by atoms with E-state index in [1.165, 1.54) is 4.68 Å². The first kappa shape index (κ1) is 14.0. The number of ether oxygens (including phenoxy) is 1. The smallest absolute Gasteiger partial charge is 0.404 e. The minimum atomic E-state index is -0.527. The fraction of sp³-hybridized carbons (Fsp3) is 0.182. The second-order valence-electron chi connectivity index (χ2n) is 3.71. The molecule has 0 fully saturated rings. The first-order valence-corrected chi connectivity index (χ1v) is 6.79. The summed E-state index contributed by atoms with van der Waals surface area (Å²) in [7, 11) is 1.59. The molecule has 0 N–H and O–H groups in total. The molecule has 0 aliphatic rings. The summed E-state index contributed by atoms with van der Waals surface area (Å²) in [6.07, 6.45) is 1.57. The Morgan fingerprint density at radius 3 is 2.74 bits per heavy atom. The highest BCUT2D eigenvalue weighted by Gasteiger charge is 2.19. The van der Waals surface area contributed by atoms with E-state index in [4.69, 9.17) is 4.74 Å². The van der Waals surface area contributed by atoms with Crippen molar-refractivity contribution in [3.8, 4) is 5.75 Å². The molecular weight excluding hydrogens is 382 g/mol. The Hall–Kier alpha value is -1.41. The largest absolute Gasteiger partial charge is 0.497 e. The van der Waals surface area contributed by atoms with E-state index in [1.54, 1.807) is 13.3 Å². The normalized spacial score (nSPS) is 10.5. The third-order valence-electron chi connectivity index (χ3n) is 2.46. The van der Waals surface area contributed by atoms with Gasteiger partial charge in [-0.15, -0.1) is 0 Å². The van der Waals surface area contributed by atoms with Crippen molar-refractivity contribution in [2.24, 2.45) is 0 Å². The van der Waals surface area contributed by atoms with Crippen LogP contribution in [0.2, 0.25) is 0 Å². The zero-order chi connectivity index (χ0) is 14.0. The van der Waals surface area contributed by atoms with Crippen molar-refractivity contribution < 1.29 is 9.66 Å². The van der Waals surface area contributed by atoms with Gasteiger partial charge < -0.3 is 14.9 Å². The van der Waals surface area contributed by atoms with Crippen molar-refractivity contribution in [3.63, 3.8) is 0 Å². The van der Waals surface area contributed by atoms with Crippen LogP contribution in [0.3, 0.4) is 0 Å². The minimum Gasteiger partial charge on any atom is -0.497 e. The Balaban J connectivity index is 2.30. The highest BCUT2D eigenvalue weighted by atomic mass is 79.9. The lowest BCUT2D eigenvalue weighted by Gasteiger charge is -2.05. The van der Waals surface area contributed by atoms with E-state index < -0.39 is 4.92 Å². The van der Waals surface area contributed by atoms with E-state index in [0.717, 1.165) is 15.8 Å². The number of nitro groups is 1. The summed E-state index contributed by atoms with van der Waals surface area (Å²) in [6, 6.07) is 5.54. The molecule has 2 rings (SSSR count). The Kier molecular flexibility index (Phi) is 4.20. The van der Waals surface area contributed by atoms with E-state index in [2.05, 4.69) is 37.0 Å². The maximum atomic E-state index is 10.7. The van der Waals surface area contributed by atoms with Crippen LogP contribution < -0.4 is 4.74 Å². The SMILES string of the molecule is COc1ccc(Br)c(Cn2cc(Br)c([N+](=O)[O-])n2)c1. The fourth-order valence-corrected chi connectivity index (χ4v) is 2.40. The van der Waals surface area contributed by atoms with Crippen LogP contribution in [0.5, 0.6) is 5.75 Å². The Morgan fingerprint density at radius 2 is 2.16 bits per heavy atom. The maximum absolute atomic E-state index is 10.7. The molecule has 1 aromatic heterocycles. The van der Waals surface area contributed by atoms with Gasteiger partial charge in [0.25, 0.3) is 0 Å². The van der Waals surface area contributed by atoms with Crippen LogP contribution in [-0.2, 0) is 6.54 Å². The summed E-state index contributed by atoms with van der Waals surface area (Å²) >= 11 is 6.55. The van der Waals surface area contributed by atoms with Crippen LogP contribution in [0, 0.1) is 10.1 Å². The molecule has 1 aromatic carbocycles. The van der Waals surface area contributed by atoms with Crippen LogP contribution in [0.15, 0.2) is 33.3 Å². The third-order valence-corrected chi connectivity index (χ3v) is 3.79.